The Hall–Kier alpha value is -0.570. The van der Waals surface area contributed by atoms with Crippen LogP contribution in [0.25, 0.3) is 0 Å². The van der Waals surface area contributed by atoms with Crippen LogP contribution in [0.4, 0.5) is 0 Å². The van der Waals surface area contributed by atoms with Gasteiger partial charge in [-0.1, -0.05) is 33.6 Å². The summed E-state index contributed by atoms with van der Waals surface area (Å²) in [5, 5.41) is 6.32. The summed E-state index contributed by atoms with van der Waals surface area (Å²) < 4.78 is 0. The molecule has 100 valence electrons. The van der Waals surface area contributed by atoms with E-state index in [0.29, 0.717) is 18.4 Å². The fourth-order valence-electron chi connectivity index (χ4n) is 2.35. The molecule has 0 bridgehead atoms. The first-order valence-corrected chi connectivity index (χ1v) is 7.08. The summed E-state index contributed by atoms with van der Waals surface area (Å²) in [6, 6.07) is 0.461. The summed E-state index contributed by atoms with van der Waals surface area (Å²) in [4.78, 5) is 11.6. The van der Waals surface area contributed by atoms with Crippen molar-refractivity contribution in [1.29, 1.82) is 0 Å². The van der Waals surface area contributed by atoms with Crippen molar-refractivity contribution in [2.45, 2.75) is 58.9 Å². The number of amides is 1. The molecular formula is C14H28N2O. The second kappa shape index (κ2) is 7.70. The Labute approximate surface area is 106 Å². The van der Waals surface area contributed by atoms with Crippen molar-refractivity contribution in [3.63, 3.8) is 0 Å². The van der Waals surface area contributed by atoms with Crippen LogP contribution in [-0.4, -0.2) is 25.0 Å². The molecule has 1 rings (SSSR count). The molecule has 3 heteroatoms. The normalized spacial score (nSPS) is 24.9. The molecule has 0 aliphatic heterocycles. The van der Waals surface area contributed by atoms with Gasteiger partial charge in [-0.15, -0.1) is 0 Å². The van der Waals surface area contributed by atoms with Crippen LogP contribution in [-0.2, 0) is 4.79 Å². The van der Waals surface area contributed by atoms with Crippen molar-refractivity contribution in [3.05, 3.63) is 0 Å². The molecule has 0 spiro atoms. The summed E-state index contributed by atoms with van der Waals surface area (Å²) in [5.74, 6) is 1.79. The van der Waals surface area contributed by atoms with Gasteiger partial charge in [0.15, 0.2) is 0 Å². The van der Waals surface area contributed by atoms with Crippen LogP contribution < -0.4 is 10.6 Å². The Morgan fingerprint density at radius 1 is 1.24 bits per heavy atom. The van der Waals surface area contributed by atoms with Crippen molar-refractivity contribution in [1.82, 2.24) is 10.6 Å². The molecule has 1 amide bonds. The molecule has 0 saturated heterocycles. The molecule has 0 radical (unpaired) electrons. The number of carbonyl (C=O) groups is 1. The van der Waals surface area contributed by atoms with Gasteiger partial charge in [-0.25, -0.2) is 0 Å². The smallest absolute Gasteiger partial charge is 0.221 e. The largest absolute Gasteiger partial charge is 0.356 e. The number of rotatable bonds is 6. The third kappa shape index (κ3) is 6.67. The zero-order valence-corrected chi connectivity index (χ0v) is 11.6. The number of hydrogen-bond acceptors (Lipinski definition) is 2. The molecule has 0 heterocycles. The second-order valence-corrected chi connectivity index (χ2v) is 5.79. The van der Waals surface area contributed by atoms with E-state index < -0.39 is 0 Å². The fourth-order valence-corrected chi connectivity index (χ4v) is 2.35. The van der Waals surface area contributed by atoms with E-state index in [-0.39, 0.29) is 5.91 Å². The van der Waals surface area contributed by atoms with Crippen molar-refractivity contribution in [2.75, 3.05) is 13.1 Å². The van der Waals surface area contributed by atoms with Gasteiger partial charge in [0, 0.05) is 25.6 Å². The van der Waals surface area contributed by atoms with E-state index in [1.807, 2.05) is 0 Å². The molecule has 17 heavy (non-hydrogen) atoms. The van der Waals surface area contributed by atoms with E-state index in [0.717, 1.165) is 19.0 Å². The molecule has 0 atom stereocenters. The monoisotopic (exact) mass is 240 g/mol. The third-order valence-corrected chi connectivity index (χ3v) is 3.63. The minimum absolute atomic E-state index is 0.191. The highest BCUT2D eigenvalue weighted by Gasteiger charge is 2.18. The summed E-state index contributed by atoms with van der Waals surface area (Å²) >= 11 is 0. The third-order valence-electron chi connectivity index (χ3n) is 3.63. The van der Waals surface area contributed by atoms with Crippen LogP contribution >= 0.6 is 0 Å². The standard InChI is InChI=1S/C14H28N2O/c1-11(2)15-9-8-14(17)16-10-13-6-4-12(3)5-7-13/h11-13,15H,4-10H2,1-3H3,(H,16,17). The highest BCUT2D eigenvalue weighted by Crippen LogP contribution is 2.27. The molecule has 0 aromatic rings. The highest BCUT2D eigenvalue weighted by atomic mass is 16.1. The highest BCUT2D eigenvalue weighted by molar-refractivity contribution is 5.76. The van der Waals surface area contributed by atoms with Crippen LogP contribution in [0.2, 0.25) is 0 Å². The molecule has 1 saturated carbocycles. The van der Waals surface area contributed by atoms with Crippen molar-refractivity contribution >= 4 is 5.91 Å². The number of hydrogen-bond donors (Lipinski definition) is 2. The van der Waals surface area contributed by atoms with Crippen LogP contribution in [0.3, 0.4) is 0 Å². The van der Waals surface area contributed by atoms with Crippen LogP contribution in [0.5, 0.6) is 0 Å². The average Bonchev–Trinajstić information content (AvgIpc) is 2.28. The second-order valence-electron chi connectivity index (χ2n) is 5.79. The van der Waals surface area contributed by atoms with Crippen LogP contribution in [0, 0.1) is 11.8 Å². The molecule has 0 aromatic carbocycles. The molecular weight excluding hydrogens is 212 g/mol. The summed E-state index contributed by atoms with van der Waals surface area (Å²) in [7, 11) is 0. The van der Waals surface area contributed by atoms with Crippen molar-refractivity contribution in [2.24, 2.45) is 11.8 Å². The fraction of sp³-hybridized carbons (Fsp3) is 0.929. The Kier molecular flexibility index (Phi) is 6.56. The van der Waals surface area contributed by atoms with E-state index in [4.69, 9.17) is 0 Å². The van der Waals surface area contributed by atoms with Gasteiger partial charge in [0.2, 0.25) is 5.91 Å². The average molecular weight is 240 g/mol. The number of carbonyl (C=O) groups excluding carboxylic acids is 1. The van der Waals surface area contributed by atoms with E-state index in [9.17, 15) is 4.79 Å². The van der Waals surface area contributed by atoms with Crippen LogP contribution in [0.1, 0.15) is 52.9 Å². The first kappa shape index (κ1) is 14.5. The van der Waals surface area contributed by atoms with Crippen LogP contribution in [0.15, 0.2) is 0 Å². The molecule has 1 aliphatic rings. The van der Waals surface area contributed by atoms with Gasteiger partial charge < -0.3 is 10.6 Å². The lowest BCUT2D eigenvalue weighted by Gasteiger charge is -2.26. The first-order valence-electron chi connectivity index (χ1n) is 7.08. The minimum atomic E-state index is 0.191. The Morgan fingerprint density at radius 3 is 2.47 bits per heavy atom. The van der Waals surface area contributed by atoms with Gasteiger partial charge in [-0.2, -0.15) is 0 Å². The topological polar surface area (TPSA) is 41.1 Å². The van der Waals surface area contributed by atoms with Gasteiger partial charge in [0.05, 0.1) is 0 Å². The quantitative estimate of drug-likeness (QED) is 0.748. The van der Waals surface area contributed by atoms with E-state index in [1.165, 1.54) is 25.7 Å². The van der Waals surface area contributed by atoms with Gasteiger partial charge in [-0.3, -0.25) is 4.79 Å². The van der Waals surface area contributed by atoms with Crippen molar-refractivity contribution < 1.29 is 4.79 Å². The van der Waals surface area contributed by atoms with Crippen molar-refractivity contribution in [3.8, 4) is 0 Å². The summed E-state index contributed by atoms with van der Waals surface area (Å²) in [5.41, 5.74) is 0. The molecule has 2 N–H and O–H groups in total. The lowest BCUT2D eigenvalue weighted by atomic mass is 9.83. The Balaban J connectivity index is 2.03. The predicted octanol–water partition coefficient (Wildman–Crippen LogP) is 2.32. The van der Waals surface area contributed by atoms with Gasteiger partial charge >= 0.3 is 0 Å². The maximum Gasteiger partial charge on any atom is 0.221 e. The Morgan fingerprint density at radius 2 is 1.88 bits per heavy atom. The van der Waals surface area contributed by atoms with E-state index in [1.54, 1.807) is 0 Å². The number of nitrogens with one attached hydrogen (secondary N) is 2. The minimum Gasteiger partial charge on any atom is -0.356 e. The van der Waals surface area contributed by atoms with Gasteiger partial charge in [-0.05, 0) is 24.7 Å². The van der Waals surface area contributed by atoms with Gasteiger partial charge in [0.1, 0.15) is 0 Å². The maximum atomic E-state index is 11.6. The summed E-state index contributed by atoms with van der Waals surface area (Å²) in [6.45, 7) is 8.19. The Bertz CT molecular complexity index is 220. The maximum absolute atomic E-state index is 11.6. The molecule has 1 aliphatic carbocycles. The van der Waals surface area contributed by atoms with E-state index in [2.05, 4.69) is 31.4 Å². The van der Waals surface area contributed by atoms with E-state index >= 15 is 0 Å². The summed E-state index contributed by atoms with van der Waals surface area (Å²) in [6.07, 6.45) is 5.82. The molecule has 0 unspecified atom stereocenters. The predicted molar refractivity (Wildman–Crippen MR) is 71.9 cm³/mol. The first-order chi connectivity index (χ1) is 8.08. The molecule has 0 aromatic heterocycles. The molecule has 3 nitrogen and oxygen atoms in total. The zero-order valence-electron chi connectivity index (χ0n) is 11.6. The zero-order chi connectivity index (χ0) is 12.7. The SMILES string of the molecule is CC1CCC(CNC(=O)CCNC(C)C)CC1. The lowest BCUT2D eigenvalue weighted by molar-refractivity contribution is -0.121. The lowest BCUT2D eigenvalue weighted by Crippen LogP contribution is -2.34. The molecule has 1 fully saturated rings. The van der Waals surface area contributed by atoms with Gasteiger partial charge in [0.25, 0.3) is 0 Å².